The molecule has 2 nitrogen and oxygen atoms in total. The van der Waals surface area contributed by atoms with E-state index < -0.39 is 0 Å². The number of hydrogen-bond acceptors (Lipinski definition) is 3. The van der Waals surface area contributed by atoms with Gasteiger partial charge in [-0.05, 0) is 30.7 Å². The molecule has 2 rings (SSSR count). The van der Waals surface area contributed by atoms with Crippen LogP contribution in [0.25, 0.3) is 0 Å². The molecule has 1 aromatic rings. The summed E-state index contributed by atoms with van der Waals surface area (Å²) in [4.78, 5) is 1.32. The van der Waals surface area contributed by atoms with Crippen molar-refractivity contribution < 1.29 is 9.47 Å². The lowest BCUT2D eigenvalue weighted by Gasteiger charge is -2.25. The average molecular weight is 224 g/mol. The highest BCUT2D eigenvalue weighted by molar-refractivity contribution is 7.99. The van der Waals surface area contributed by atoms with Gasteiger partial charge in [0.25, 0.3) is 0 Å². The predicted octanol–water partition coefficient (Wildman–Crippen LogP) is 2.74. The van der Waals surface area contributed by atoms with Gasteiger partial charge in [-0.3, -0.25) is 0 Å². The molecule has 15 heavy (non-hydrogen) atoms. The van der Waals surface area contributed by atoms with E-state index in [0.29, 0.717) is 0 Å². The molecule has 1 aliphatic rings. The van der Waals surface area contributed by atoms with Gasteiger partial charge in [0, 0.05) is 16.6 Å². The molecule has 0 unspecified atom stereocenters. The van der Waals surface area contributed by atoms with Crippen LogP contribution < -0.4 is 4.74 Å². The van der Waals surface area contributed by atoms with E-state index in [0.717, 1.165) is 30.6 Å². The lowest BCUT2D eigenvalue weighted by atomic mass is 10.1. The molecule has 0 saturated carbocycles. The fraction of sp³-hybridized carbons (Fsp3) is 0.500. The van der Waals surface area contributed by atoms with Gasteiger partial charge in [-0.25, -0.2) is 0 Å². The van der Waals surface area contributed by atoms with Crippen LogP contribution in [-0.4, -0.2) is 26.1 Å². The lowest BCUT2D eigenvalue weighted by molar-refractivity contribution is -0.0196. The molecule has 0 spiro atoms. The maximum atomic E-state index is 5.23. The first-order chi connectivity index (χ1) is 7.29. The van der Waals surface area contributed by atoms with Crippen LogP contribution in [-0.2, 0) is 4.74 Å². The first kappa shape index (κ1) is 10.8. The van der Waals surface area contributed by atoms with Gasteiger partial charge in [0.15, 0.2) is 0 Å². The van der Waals surface area contributed by atoms with Gasteiger partial charge >= 0.3 is 0 Å². The second-order valence-electron chi connectivity index (χ2n) is 3.85. The van der Waals surface area contributed by atoms with Crippen LogP contribution in [0.2, 0.25) is 0 Å². The van der Waals surface area contributed by atoms with E-state index in [1.807, 2.05) is 17.8 Å². The highest BCUT2D eigenvalue weighted by Crippen LogP contribution is 2.28. The van der Waals surface area contributed by atoms with Crippen molar-refractivity contribution >= 4 is 11.8 Å². The zero-order valence-electron chi connectivity index (χ0n) is 9.16. The maximum absolute atomic E-state index is 5.23. The van der Waals surface area contributed by atoms with Crippen LogP contribution in [0.5, 0.6) is 5.75 Å². The highest BCUT2D eigenvalue weighted by atomic mass is 32.2. The zero-order valence-corrected chi connectivity index (χ0v) is 9.97. The van der Waals surface area contributed by atoms with Crippen LogP contribution in [0.3, 0.4) is 0 Å². The Bertz CT molecular complexity index is 334. The number of methoxy groups -OCH3 is 1. The fourth-order valence-corrected chi connectivity index (χ4v) is 2.58. The van der Waals surface area contributed by atoms with E-state index in [4.69, 9.17) is 9.47 Å². The summed E-state index contributed by atoms with van der Waals surface area (Å²) in [5, 5.41) is 0. The third kappa shape index (κ3) is 2.67. The van der Waals surface area contributed by atoms with Crippen LogP contribution in [0.15, 0.2) is 23.1 Å². The first-order valence-electron chi connectivity index (χ1n) is 5.15. The molecule has 0 atom stereocenters. The predicted molar refractivity (Wildman–Crippen MR) is 62.8 cm³/mol. The Morgan fingerprint density at radius 1 is 1.47 bits per heavy atom. The van der Waals surface area contributed by atoms with Gasteiger partial charge in [0.1, 0.15) is 5.75 Å². The summed E-state index contributed by atoms with van der Waals surface area (Å²) in [6.07, 6.45) is 0. The molecule has 1 heterocycles. The standard InChI is InChI=1S/C12H16O2S/c1-9-5-11(3-4-12(9)13-2)15-8-10-6-14-7-10/h3-5,10H,6-8H2,1-2H3. The minimum atomic E-state index is 0.748. The Morgan fingerprint density at radius 2 is 2.27 bits per heavy atom. The number of hydrogen-bond donors (Lipinski definition) is 0. The van der Waals surface area contributed by atoms with E-state index in [2.05, 4.69) is 19.1 Å². The topological polar surface area (TPSA) is 18.5 Å². The summed E-state index contributed by atoms with van der Waals surface area (Å²) in [5.74, 6) is 2.87. The van der Waals surface area contributed by atoms with Gasteiger partial charge in [0.05, 0.1) is 20.3 Å². The molecular formula is C12H16O2S. The summed E-state index contributed by atoms with van der Waals surface area (Å²) in [6, 6.07) is 6.34. The number of benzene rings is 1. The van der Waals surface area contributed by atoms with Crippen molar-refractivity contribution in [1.82, 2.24) is 0 Å². The van der Waals surface area contributed by atoms with Gasteiger partial charge in [-0.15, -0.1) is 11.8 Å². The van der Waals surface area contributed by atoms with Crippen molar-refractivity contribution in [3.63, 3.8) is 0 Å². The molecule has 1 aromatic carbocycles. The Morgan fingerprint density at radius 3 is 2.80 bits per heavy atom. The second-order valence-corrected chi connectivity index (χ2v) is 4.94. The number of aryl methyl sites for hydroxylation is 1. The van der Waals surface area contributed by atoms with Gasteiger partial charge in [-0.1, -0.05) is 0 Å². The summed E-state index contributed by atoms with van der Waals surface area (Å²) < 4.78 is 10.4. The molecule has 1 saturated heterocycles. The van der Waals surface area contributed by atoms with Crippen LogP contribution in [0, 0.1) is 12.8 Å². The minimum absolute atomic E-state index is 0.748. The quantitative estimate of drug-likeness (QED) is 0.733. The van der Waals surface area contributed by atoms with E-state index in [-0.39, 0.29) is 0 Å². The van der Waals surface area contributed by atoms with Crippen molar-refractivity contribution in [3.8, 4) is 5.75 Å². The van der Waals surface area contributed by atoms with Crippen LogP contribution in [0.1, 0.15) is 5.56 Å². The van der Waals surface area contributed by atoms with Crippen LogP contribution >= 0.6 is 11.8 Å². The molecule has 82 valence electrons. The molecule has 0 aliphatic carbocycles. The molecule has 0 N–H and O–H groups in total. The lowest BCUT2D eigenvalue weighted by Crippen LogP contribution is -2.29. The molecule has 1 aliphatic heterocycles. The molecule has 3 heteroatoms. The Kier molecular flexibility index (Phi) is 3.54. The monoisotopic (exact) mass is 224 g/mol. The van der Waals surface area contributed by atoms with Crippen LogP contribution in [0.4, 0.5) is 0 Å². The number of ether oxygens (including phenoxy) is 2. The molecule has 0 radical (unpaired) electrons. The van der Waals surface area contributed by atoms with Crippen molar-refractivity contribution in [2.24, 2.45) is 5.92 Å². The van der Waals surface area contributed by atoms with E-state index in [1.165, 1.54) is 10.5 Å². The minimum Gasteiger partial charge on any atom is -0.496 e. The largest absolute Gasteiger partial charge is 0.496 e. The molecule has 0 bridgehead atoms. The van der Waals surface area contributed by atoms with E-state index in [1.54, 1.807) is 7.11 Å². The summed E-state index contributed by atoms with van der Waals surface area (Å²) in [7, 11) is 1.71. The Balaban J connectivity index is 1.93. The van der Waals surface area contributed by atoms with E-state index >= 15 is 0 Å². The molecule has 0 aromatic heterocycles. The van der Waals surface area contributed by atoms with Gasteiger partial charge < -0.3 is 9.47 Å². The Hall–Kier alpha value is -0.670. The third-order valence-electron chi connectivity index (χ3n) is 2.56. The fourth-order valence-electron chi connectivity index (χ4n) is 1.54. The normalized spacial score (nSPS) is 16.1. The van der Waals surface area contributed by atoms with E-state index in [9.17, 15) is 0 Å². The summed E-state index contributed by atoms with van der Waals surface area (Å²) >= 11 is 1.90. The first-order valence-corrected chi connectivity index (χ1v) is 6.13. The highest BCUT2D eigenvalue weighted by Gasteiger charge is 2.18. The molecular weight excluding hydrogens is 208 g/mol. The summed E-state index contributed by atoms with van der Waals surface area (Å²) in [6.45, 7) is 3.94. The van der Waals surface area contributed by atoms with Crippen molar-refractivity contribution in [3.05, 3.63) is 23.8 Å². The SMILES string of the molecule is COc1ccc(SCC2COC2)cc1C. The Labute approximate surface area is 95.0 Å². The van der Waals surface area contributed by atoms with Gasteiger partial charge in [0.2, 0.25) is 0 Å². The van der Waals surface area contributed by atoms with Gasteiger partial charge in [-0.2, -0.15) is 0 Å². The smallest absolute Gasteiger partial charge is 0.121 e. The van der Waals surface area contributed by atoms with Crippen molar-refractivity contribution in [1.29, 1.82) is 0 Å². The van der Waals surface area contributed by atoms with Crippen molar-refractivity contribution in [2.45, 2.75) is 11.8 Å². The molecule has 1 fully saturated rings. The number of thioether (sulfide) groups is 1. The second kappa shape index (κ2) is 4.90. The van der Waals surface area contributed by atoms with Crippen molar-refractivity contribution in [2.75, 3.05) is 26.1 Å². The average Bonchev–Trinajstić information content (AvgIpc) is 2.16. The number of rotatable bonds is 4. The third-order valence-corrected chi connectivity index (χ3v) is 3.78. The molecule has 0 amide bonds. The summed E-state index contributed by atoms with van der Waals surface area (Å²) in [5.41, 5.74) is 1.20. The maximum Gasteiger partial charge on any atom is 0.121 e. The zero-order chi connectivity index (χ0) is 10.7.